The summed E-state index contributed by atoms with van der Waals surface area (Å²) >= 11 is 1.56. The Morgan fingerprint density at radius 2 is 2.00 bits per heavy atom. The highest BCUT2D eigenvalue weighted by molar-refractivity contribution is 7.13. The number of aromatic amines is 1. The molecule has 2 heterocycles. The van der Waals surface area contributed by atoms with E-state index >= 15 is 0 Å². The number of aryl methyl sites for hydroxylation is 1. The minimum atomic E-state index is 0.486. The Balaban J connectivity index is 1.99. The van der Waals surface area contributed by atoms with Crippen molar-refractivity contribution in [1.29, 1.82) is 0 Å². The molecule has 3 aromatic rings. The lowest BCUT2D eigenvalue weighted by Gasteiger charge is -1.97. The van der Waals surface area contributed by atoms with Crippen molar-refractivity contribution in [2.75, 3.05) is 5.73 Å². The first-order valence-corrected chi connectivity index (χ1v) is 6.44. The molecule has 0 saturated heterocycles. The van der Waals surface area contributed by atoms with Crippen molar-refractivity contribution in [3.63, 3.8) is 0 Å². The third-order valence-corrected chi connectivity index (χ3v) is 3.59. The van der Waals surface area contributed by atoms with Crippen LogP contribution in [-0.4, -0.2) is 15.0 Å². The van der Waals surface area contributed by atoms with Crippen molar-refractivity contribution in [1.82, 2.24) is 15.0 Å². The molecule has 0 unspecified atom stereocenters. The average molecular weight is 256 g/mol. The number of hydrogen-bond acceptors (Lipinski definition) is 4. The van der Waals surface area contributed by atoms with E-state index in [2.05, 4.69) is 46.1 Å². The second-order valence-corrected chi connectivity index (χ2v) is 4.92. The Hall–Kier alpha value is -2.14. The number of H-pyrrole nitrogens is 1. The van der Waals surface area contributed by atoms with Gasteiger partial charge < -0.3 is 10.7 Å². The molecule has 0 aliphatic carbocycles. The van der Waals surface area contributed by atoms with E-state index in [1.807, 2.05) is 5.38 Å². The van der Waals surface area contributed by atoms with Crippen molar-refractivity contribution in [3.8, 4) is 22.0 Å². The zero-order valence-corrected chi connectivity index (χ0v) is 10.7. The van der Waals surface area contributed by atoms with Gasteiger partial charge in [0.15, 0.2) is 5.82 Å². The summed E-state index contributed by atoms with van der Waals surface area (Å²) in [6, 6.07) is 8.31. The van der Waals surface area contributed by atoms with Crippen LogP contribution in [-0.2, 0) is 0 Å². The van der Waals surface area contributed by atoms with Crippen molar-refractivity contribution in [2.45, 2.75) is 6.92 Å². The molecule has 3 rings (SSSR count). The summed E-state index contributed by atoms with van der Waals surface area (Å²) in [6.07, 6.45) is 1.58. The fourth-order valence-electron chi connectivity index (χ4n) is 1.72. The van der Waals surface area contributed by atoms with Gasteiger partial charge in [0.2, 0.25) is 0 Å². The topological polar surface area (TPSA) is 67.6 Å². The molecule has 0 spiro atoms. The molecule has 0 aliphatic heterocycles. The van der Waals surface area contributed by atoms with E-state index in [-0.39, 0.29) is 0 Å². The van der Waals surface area contributed by atoms with Crippen LogP contribution in [0.25, 0.3) is 22.0 Å². The quantitative estimate of drug-likeness (QED) is 0.740. The summed E-state index contributed by atoms with van der Waals surface area (Å²) in [5, 5.41) is 2.89. The first-order chi connectivity index (χ1) is 8.74. The highest BCUT2D eigenvalue weighted by Gasteiger charge is 2.10. The van der Waals surface area contributed by atoms with Crippen LogP contribution in [0.3, 0.4) is 0 Å². The molecule has 2 aromatic heterocycles. The number of nitrogens with two attached hydrogens (primary N) is 1. The lowest BCUT2D eigenvalue weighted by atomic mass is 10.1. The molecule has 3 N–H and O–H groups in total. The van der Waals surface area contributed by atoms with Gasteiger partial charge >= 0.3 is 0 Å². The maximum Gasteiger partial charge on any atom is 0.152 e. The molecule has 0 bridgehead atoms. The largest absolute Gasteiger partial charge is 0.382 e. The number of nitrogens with zero attached hydrogens (tertiary/aromatic N) is 2. The van der Waals surface area contributed by atoms with Crippen LogP contribution in [0.5, 0.6) is 0 Å². The van der Waals surface area contributed by atoms with Gasteiger partial charge in [-0.2, -0.15) is 0 Å². The van der Waals surface area contributed by atoms with Crippen LogP contribution in [0, 0.1) is 6.92 Å². The van der Waals surface area contributed by atoms with Crippen molar-refractivity contribution >= 4 is 17.2 Å². The van der Waals surface area contributed by atoms with Gasteiger partial charge in [-0.3, -0.25) is 0 Å². The number of imidazole rings is 1. The molecule has 18 heavy (non-hydrogen) atoms. The molecule has 0 saturated carbocycles. The Kier molecular flexibility index (Phi) is 2.60. The predicted molar refractivity (Wildman–Crippen MR) is 74.3 cm³/mol. The van der Waals surface area contributed by atoms with Gasteiger partial charge in [-0.25, -0.2) is 9.97 Å². The average Bonchev–Trinajstić information content (AvgIpc) is 2.98. The van der Waals surface area contributed by atoms with Crippen LogP contribution < -0.4 is 5.73 Å². The number of aromatic nitrogens is 3. The zero-order chi connectivity index (χ0) is 12.5. The molecule has 1 aromatic carbocycles. The Labute approximate surface area is 109 Å². The van der Waals surface area contributed by atoms with Gasteiger partial charge in [-0.1, -0.05) is 29.8 Å². The first kappa shape index (κ1) is 11.0. The minimum Gasteiger partial charge on any atom is -0.382 e. The monoisotopic (exact) mass is 256 g/mol. The van der Waals surface area contributed by atoms with Gasteiger partial charge in [-0.15, -0.1) is 11.3 Å². The zero-order valence-electron chi connectivity index (χ0n) is 9.84. The normalized spacial score (nSPS) is 10.7. The van der Waals surface area contributed by atoms with E-state index in [4.69, 9.17) is 5.73 Å². The summed E-state index contributed by atoms with van der Waals surface area (Å²) < 4.78 is 0. The lowest BCUT2D eigenvalue weighted by molar-refractivity contribution is 1.30. The summed E-state index contributed by atoms with van der Waals surface area (Å²) in [7, 11) is 0. The van der Waals surface area contributed by atoms with Gasteiger partial charge in [0.25, 0.3) is 0 Å². The molecular weight excluding hydrogens is 244 g/mol. The molecule has 0 fully saturated rings. The second kappa shape index (κ2) is 4.27. The van der Waals surface area contributed by atoms with E-state index in [1.54, 1.807) is 17.7 Å². The van der Waals surface area contributed by atoms with Crippen LogP contribution >= 0.6 is 11.3 Å². The SMILES string of the molecule is Cc1ccc(-c2csc(-c3[nH]cnc3N)n2)cc1. The number of hydrogen-bond donors (Lipinski definition) is 2. The summed E-state index contributed by atoms with van der Waals surface area (Å²) in [5.74, 6) is 0.486. The number of benzene rings is 1. The smallest absolute Gasteiger partial charge is 0.152 e. The third-order valence-electron chi connectivity index (χ3n) is 2.73. The van der Waals surface area contributed by atoms with Crippen molar-refractivity contribution in [2.24, 2.45) is 0 Å². The number of thiazole rings is 1. The number of nitrogens with one attached hydrogen (secondary N) is 1. The van der Waals surface area contributed by atoms with Crippen LogP contribution in [0.4, 0.5) is 5.82 Å². The summed E-state index contributed by atoms with van der Waals surface area (Å²) in [6.45, 7) is 2.07. The minimum absolute atomic E-state index is 0.486. The molecule has 5 heteroatoms. The van der Waals surface area contributed by atoms with Crippen molar-refractivity contribution in [3.05, 3.63) is 41.5 Å². The van der Waals surface area contributed by atoms with Gasteiger partial charge in [0.1, 0.15) is 10.7 Å². The standard InChI is InChI=1S/C13H12N4S/c1-8-2-4-9(5-3-8)10-6-18-13(17-10)11-12(14)16-7-15-11/h2-7H,14H2,1H3,(H,15,16). The fraction of sp³-hybridized carbons (Fsp3) is 0.0769. The van der Waals surface area contributed by atoms with Crippen LogP contribution in [0.2, 0.25) is 0 Å². The van der Waals surface area contributed by atoms with E-state index in [0.717, 1.165) is 22.0 Å². The number of anilines is 1. The maximum atomic E-state index is 5.76. The molecule has 0 atom stereocenters. The Morgan fingerprint density at radius 3 is 2.67 bits per heavy atom. The van der Waals surface area contributed by atoms with Gasteiger partial charge in [0, 0.05) is 10.9 Å². The number of nitrogen functional groups attached to an aromatic ring is 1. The molecule has 0 amide bonds. The highest BCUT2D eigenvalue weighted by atomic mass is 32.1. The van der Waals surface area contributed by atoms with Crippen LogP contribution in [0.1, 0.15) is 5.56 Å². The first-order valence-electron chi connectivity index (χ1n) is 5.56. The molecule has 0 radical (unpaired) electrons. The van der Waals surface area contributed by atoms with E-state index in [9.17, 15) is 0 Å². The highest BCUT2D eigenvalue weighted by Crippen LogP contribution is 2.30. The van der Waals surface area contributed by atoms with E-state index in [1.165, 1.54) is 5.56 Å². The summed E-state index contributed by atoms with van der Waals surface area (Å²) in [4.78, 5) is 11.6. The number of rotatable bonds is 2. The molecular formula is C13H12N4S. The third kappa shape index (κ3) is 1.89. The fourth-order valence-corrected chi connectivity index (χ4v) is 2.57. The molecule has 0 aliphatic rings. The maximum absolute atomic E-state index is 5.76. The van der Waals surface area contributed by atoms with Gasteiger partial charge in [-0.05, 0) is 6.92 Å². The Morgan fingerprint density at radius 1 is 1.22 bits per heavy atom. The second-order valence-electron chi connectivity index (χ2n) is 4.07. The van der Waals surface area contributed by atoms with Crippen LogP contribution in [0.15, 0.2) is 36.0 Å². The summed E-state index contributed by atoms with van der Waals surface area (Å²) in [5.41, 5.74) is 9.87. The lowest BCUT2D eigenvalue weighted by Crippen LogP contribution is -1.88. The predicted octanol–water partition coefficient (Wildman–Crippen LogP) is 3.09. The van der Waals surface area contributed by atoms with E-state index in [0.29, 0.717) is 5.82 Å². The molecule has 4 nitrogen and oxygen atoms in total. The van der Waals surface area contributed by atoms with Crippen molar-refractivity contribution < 1.29 is 0 Å². The Bertz CT molecular complexity index is 666. The van der Waals surface area contributed by atoms with Gasteiger partial charge in [0.05, 0.1) is 12.0 Å². The molecule has 90 valence electrons. The van der Waals surface area contributed by atoms with E-state index < -0.39 is 0 Å².